The fraction of sp³-hybridized carbons (Fsp3) is 0.917. The van der Waals surface area contributed by atoms with Gasteiger partial charge in [0.15, 0.2) is 0 Å². The maximum atomic E-state index is 13.1. The zero-order valence-corrected chi connectivity index (χ0v) is 11.8. The molecule has 1 atom stereocenters. The average molecular weight is 317 g/mol. The van der Waals surface area contributed by atoms with E-state index in [4.69, 9.17) is 5.73 Å². The SMILES string of the molecule is CC(CN)CN1CCCN(C(=O)C(F)(F)C(F)(F)F)CC1. The van der Waals surface area contributed by atoms with Gasteiger partial charge in [-0.25, -0.2) is 0 Å². The van der Waals surface area contributed by atoms with E-state index in [2.05, 4.69) is 0 Å². The Bertz CT molecular complexity index is 361. The Morgan fingerprint density at radius 3 is 2.29 bits per heavy atom. The zero-order chi connectivity index (χ0) is 16.3. The van der Waals surface area contributed by atoms with E-state index in [0.717, 1.165) is 0 Å². The number of rotatable bonds is 4. The number of hydrogen-bond acceptors (Lipinski definition) is 3. The van der Waals surface area contributed by atoms with Gasteiger partial charge in [0.25, 0.3) is 0 Å². The Labute approximate surface area is 120 Å². The molecule has 21 heavy (non-hydrogen) atoms. The summed E-state index contributed by atoms with van der Waals surface area (Å²) in [5, 5.41) is 0. The number of nitrogens with two attached hydrogens (primary N) is 1. The topological polar surface area (TPSA) is 49.6 Å². The molecule has 0 aromatic carbocycles. The van der Waals surface area contributed by atoms with Gasteiger partial charge >= 0.3 is 18.0 Å². The zero-order valence-electron chi connectivity index (χ0n) is 11.8. The van der Waals surface area contributed by atoms with Crippen LogP contribution in [0, 0.1) is 5.92 Å². The molecule has 0 bridgehead atoms. The molecule has 9 heteroatoms. The lowest BCUT2D eigenvalue weighted by Gasteiger charge is -2.27. The third kappa shape index (κ3) is 4.50. The maximum absolute atomic E-state index is 13.1. The normalized spacial score (nSPS) is 20.2. The lowest BCUT2D eigenvalue weighted by atomic mass is 10.1. The minimum Gasteiger partial charge on any atom is -0.336 e. The van der Waals surface area contributed by atoms with Gasteiger partial charge in [-0.15, -0.1) is 0 Å². The molecular weight excluding hydrogens is 297 g/mol. The molecule has 2 N–H and O–H groups in total. The van der Waals surface area contributed by atoms with Crippen LogP contribution in [0.1, 0.15) is 13.3 Å². The summed E-state index contributed by atoms with van der Waals surface area (Å²) >= 11 is 0. The minimum atomic E-state index is -5.86. The number of nitrogens with zero attached hydrogens (tertiary/aromatic N) is 2. The van der Waals surface area contributed by atoms with E-state index in [1.54, 1.807) is 0 Å². The molecule has 0 aromatic rings. The van der Waals surface area contributed by atoms with Crippen molar-refractivity contribution in [3.05, 3.63) is 0 Å². The highest BCUT2D eigenvalue weighted by molar-refractivity contribution is 5.84. The molecule has 1 aliphatic heterocycles. The molecule has 1 aliphatic rings. The van der Waals surface area contributed by atoms with E-state index in [1.165, 1.54) is 0 Å². The quantitative estimate of drug-likeness (QED) is 0.796. The molecule has 0 spiro atoms. The van der Waals surface area contributed by atoms with Crippen molar-refractivity contribution in [2.75, 3.05) is 39.3 Å². The molecule has 1 rings (SSSR count). The summed E-state index contributed by atoms with van der Waals surface area (Å²) in [6, 6.07) is 0. The lowest BCUT2D eigenvalue weighted by Crippen LogP contribution is -2.52. The summed E-state index contributed by atoms with van der Waals surface area (Å²) in [7, 11) is 0. The second-order valence-corrected chi connectivity index (χ2v) is 5.36. The van der Waals surface area contributed by atoms with Gasteiger partial charge in [0.05, 0.1) is 0 Å². The van der Waals surface area contributed by atoms with Crippen LogP contribution in [0.5, 0.6) is 0 Å². The monoisotopic (exact) mass is 317 g/mol. The molecule has 0 aliphatic carbocycles. The van der Waals surface area contributed by atoms with Crippen LogP contribution in [0.4, 0.5) is 22.0 Å². The molecule has 1 fully saturated rings. The second kappa shape index (κ2) is 6.87. The van der Waals surface area contributed by atoms with Crippen molar-refractivity contribution in [2.24, 2.45) is 11.7 Å². The molecule has 1 saturated heterocycles. The van der Waals surface area contributed by atoms with Crippen LogP contribution in [-0.4, -0.2) is 67.1 Å². The van der Waals surface area contributed by atoms with Crippen LogP contribution in [0.15, 0.2) is 0 Å². The number of alkyl halides is 5. The Morgan fingerprint density at radius 2 is 1.76 bits per heavy atom. The van der Waals surface area contributed by atoms with Gasteiger partial charge in [-0.2, -0.15) is 22.0 Å². The van der Waals surface area contributed by atoms with E-state index in [9.17, 15) is 26.7 Å². The molecule has 1 heterocycles. The Kier molecular flexibility index (Phi) is 5.92. The summed E-state index contributed by atoms with van der Waals surface area (Å²) in [4.78, 5) is 13.9. The van der Waals surface area contributed by atoms with E-state index in [-0.39, 0.29) is 25.6 Å². The second-order valence-electron chi connectivity index (χ2n) is 5.36. The fourth-order valence-electron chi connectivity index (χ4n) is 2.19. The summed E-state index contributed by atoms with van der Waals surface area (Å²) in [5.74, 6) is -7.29. The number of carbonyl (C=O) groups is 1. The predicted molar refractivity (Wildman–Crippen MR) is 66.9 cm³/mol. The first-order chi connectivity index (χ1) is 9.59. The van der Waals surface area contributed by atoms with Gasteiger partial charge in [-0.3, -0.25) is 4.79 Å². The third-order valence-corrected chi connectivity index (χ3v) is 3.47. The fourth-order valence-corrected chi connectivity index (χ4v) is 2.19. The summed E-state index contributed by atoms with van der Waals surface area (Å²) < 4.78 is 62.8. The Balaban J connectivity index is 2.65. The number of amides is 1. The highest BCUT2D eigenvalue weighted by atomic mass is 19.4. The van der Waals surface area contributed by atoms with Crippen molar-refractivity contribution < 1.29 is 26.7 Å². The van der Waals surface area contributed by atoms with Crippen molar-refractivity contribution in [2.45, 2.75) is 25.4 Å². The van der Waals surface area contributed by atoms with Gasteiger partial charge in [0, 0.05) is 26.2 Å². The molecule has 0 aromatic heterocycles. The largest absolute Gasteiger partial charge is 0.463 e. The number of carbonyl (C=O) groups excluding carboxylic acids is 1. The number of halogens is 5. The first-order valence-corrected chi connectivity index (χ1v) is 6.76. The Morgan fingerprint density at radius 1 is 1.14 bits per heavy atom. The molecule has 4 nitrogen and oxygen atoms in total. The standard InChI is InChI=1S/C12H20F5N3O/c1-9(7-18)8-19-3-2-4-20(6-5-19)10(21)11(13,14)12(15,16)17/h9H,2-8,18H2,1H3. The molecular formula is C12H20F5N3O. The van der Waals surface area contributed by atoms with E-state index >= 15 is 0 Å². The van der Waals surface area contributed by atoms with Crippen LogP contribution in [0.25, 0.3) is 0 Å². The van der Waals surface area contributed by atoms with Gasteiger partial charge < -0.3 is 15.5 Å². The van der Waals surface area contributed by atoms with Crippen LogP contribution >= 0.6 is 0 Å². The molecule has 1 unspecified atom stereocenters. The summed E-state index contributed by atoms with van der Waals surface area (Å²) in [6.07, 6.45) is -5.50. The maximum Gasteiger partial charge on any atom is 0.463 e. The first kappa shape index (κ1) is 18.1. The van der Waals surface area contributed by atoms with E-state index in [1.807, 2.05) is 11.8 Å². The lowest BCUT2D eigenvalue weighted by molar-refractivity contribution is -0.274. The van der Waals surface area contributed by atoms with Crippen LogP contribution < -0.4 is 5.73 Å². The third-order valence-electron chi connectivity index (χ3n) is 3.47. The smallest absolute Gasteiger partial charge is 0.336 e. The van der Waals surface area contributed by atoms with Crippen LogP contribution in [0.3, 0.4) is 0 Å². The van der Waals surface area contributed by atoms with Crippen LogP contribution in [-0.2, 0) is 4.79 Å². The summed E-state index contributed by atoms with van der Waals surface area (Å²) in [5.41, 5.74) is 5.49. The van der Waals surface area contributed by atoms with Crippen molar-refractivity contribution >= 4 is 5.91 Å². The van der Waals surface area contributed by atoms with Gasteiger partial charge in [0.2, 0.25) is 0 Å². The van der Waals surface area contributed by atoms with Crippen LogP contribution in [0.2, 0.25) is 0 Å². The van der Waals surface area contributed by atoms with Crippen molar-refractivity contribution in [3.63, 3.8) is 0 Å². The van der Waals surface area contributed by atoms with E-state index < -0.39 is 18.0 Å². The molecule has 1 amide bonds. The highest BCUT2D eigenvalue weighted by Gasteiger charge is 2.64. The van der Waals surface area contributed by atoms with Gasteiger partial charge in [0.1, 0.15) is 0 Å². The molecule has 124 valence electrons. The van der Waals surface area contributed by atoms with Crippen molar-refractivity contribution in [1.29, 1.82) is 0 Å². The van der Waals surface area contributed by atoms with Crippen molar-refractivity contribution in [3.8, 4) is 0 Å². The van der Waals surface area contributed by atoms with Gasteiger partial charge in [-0.1, -0.05) is 6.92 Å². The molecule has 0 saturated carbocycles. The average Bonchev–Trinajstić information content (AvgIpc) is 2.61. The highest BCUT2D eigenvalue weighted by Crippen LogP contribution is 2.37. The minimum absolute atomic E-state index is 0.0992. The predicted octanol–water partition coefficient (Wildman–Crippen LogP) is 1.31. The Hall–Kier alpha value is -0.960. The van der Waals surface area contributed by atoms with Gasteiger partial charge in [-0.05, 0) is 25.4 Å². The van der Waals surface area contributed by atoms with Crippen molar-refractivity contribution in [1.82, 2.24) is 9.80 Å². The summed E-state index contributed by atoms with van der Waals surface area (Å²) in [6.45, 7) is 3.60. The van der Waals surface area contributed by atoms with E-state index in [0.29, 0.717) is 31.0 Å². The first-order valence-electron chi connectivity index (χ1n) is 6.76. The number of hydrogen-bond donors (Lipinski definition) is 1. The molecule has 0 radical (unpaired) electrons.